The summed E-state index contributed by atoms with van der Waals surface area (Å²) in [6, 6.07) is 6.07. The highest BCUT2D eigenvalue weighted by Gasteiger charge is 2.11. The lowest BCUT2D eigenvalue weighted by Crippen LogP contribution is -1.95. The summed E-state index contributed by atoms with van der Waals surface area (Å²) >= 11 is 4.80. The maximum atomic E-state index is 12.9. The van der Waals surface area contributed by atoms with E-state index >= 15 is 0 Å². The Morgan fingerprint density at radius 1 is 1.14 bits per heavy atom. The van der Waals surface area contributed by atoms with Crippen molar-refractivity contribution in [2.75, 3.05) is 11.1 Å². The Kier molecular flexibility index (Phi) is 3.80. The fourth-order valence-electron chi connectivity index (χ4n) is 1.65. The molecule has 0 saturated heterocycles. The number of anilines is 3. The van der Waals surface area contributed by atoms with Gasteiger partial charge in [0.1, 0.15) is 11.5 Å². The van der Waals surface area contributed by atoms with Gasteiger partial charge in [-0.2, -0.15) is 0 Å². The second-order valence-corrected chi connectivity index (χ2v) is 5.97. The first-order valence-electron chi connectivity index (χ1n) is 5.88. The third-order valence-electron chi connectivity index (χ3n) is 2.60. The third kappa shape index (κ3) is 3.17. The third-order valence-corrected chi connectivity index (χ3v) is 4.10. The van der Waals surface area contributed by atoms with Crippen LogP contribution in [0.25, 0.3) is 10.6 Å². The van der Waals surface area contributed by atoms with Crippen LogP contribution in [-0.2, 0) is 0 Å². The van der Waals surface area contributed by atoms with Gasteiger partial charge in [-0.1, -0.05) is 11.3 Å². The molecule has 3 rings (SSSR count). The molecular weight excluding hydrogens is 357 g/mol. The number of nitrogen functional groups attached to an aromatic ring is 1. The highest BCUT2D eigenvalue weighted by molar-refractivity contribution is 9.10. The van der Waals surface area contributed by atoms with Crippen LogP contribution in [-0.4, -0.2) is 15.0 Å². The van der Waals surface area contributed by atoms with E-state index in [1.54, 1.807) is 24.5 Å². The molecule has 3 aromatic rings. The highest BCUT2D eigenvalue weighted by Crippen LogP contribution is 2.33. The van der Waals surface area contributed by atoms with Crippen LogP contribution in [0.3, 0.4) is 0 Å². The lowest BCUT2D eigenvalue weighted by molar-refractivity contribution is 0.628. The Bertz CT molecular complexity index is 774. The second-order valence-electron chi connectivity index (χ2n) is 4.09. The number of nitrogens with one attached hydrogen (secondary N) is 1. The molecule has 21 heavy (non-hydrogen) atoms. The average Bonchev–Trinajstić information content (AvgIpc) is 2.92. The number of nitrogens with zero attached hydrogens (tertiary/aromatic N) is 3. The summed E-state index contributed by atoms with van der Waals surface area (Å²) in [5.41, 5.74) is 7.05. The van der Waals surface area contributed by atoms with Crippen molar-refractivity contribution in [2.24, 2.45) is 0 Å². The van der Waals surface area contributed by atoms with Gasteiger partial charge in [-0.15, -0.1) is 0 Å². The molecule has 0 aliphatic heterocycles. The molecule has 106 valence electrons. The zero-order valence-electron chi connectivity index (χ0n) is 10.5. The number of thiazole rings is 1. The first-order valence-corrected chi connectivity index (χ1v) is 7.49. The summed E-state index contributed by atoms with van der Waals surface area (Å²) in [6.07, 6.45) is 3.30. The van der Waals surface area contributed by atoms with Gasteiger partial charge in [-0.25, -0.2) is 19.3 Å². The Hall–Kier alpha value is -2.06. The number of nitrogens with two attached hydrogens (primary N) is 1. The quantitative estimate of drug-likeness (QED) is 0.737. The van der Waals surface area contributed by atoms with Crippen molar-refractivity contribution in [2.45, 2.75) is 0 Å². The molecule has 0 radical (unpaired) electrons. The van der Waals surface area contributed by atoms with Gasteiger partial charge in [0.05, 0.1) is 9.35 Å². The summed E-state index contributed by atoms with van der Waals surface area (Å²) in [4.78, 5) is 13.2. The van der Waals surface area contributed by atoms with Crippen molar-refractivity contribution >= 4 is 44.0 Å². The van der Waals surface area contributed by atoms with Crippen molar-refractivity contribution in [1.29, 1.82) is 0 Å². The summed E-state index contributed by atoms with van der Waals surface area (Å²) in [6.45, 7) is 0. The van der Waals surface area contributed by atoms with Gasteiger partial charge in [-0.05, 0) is 40.2 Å². The lowest BCUT2D eigenvalue weighted by atomic mass is 10.3. The molecule has 0 unspecified atom stereocenters. The zero-order valence-corrected chi connectivity index (χ0v) is 12.9. The molecule has 0 atom stereocenters. The van der Waals surface area contributed by atoms with E-state index < -0.39 is 0 Å². The Morgan fingerprint density at radius 3 is 2.67 bits per heavy atom. The highest BCUT2D eigenvalue weighted by atomic mass is 79.9. The molecule has 0 amide bonds. The molecule has 1 aromatic carbocycles. The molecule has 0 spiro atoms. The van der Waals surface area contributed by atoms with Crippen LogP contribution in [0.5, 0.6) is 0 Å². The second kappa shape index (κ2) is 5.74. The van der Waals surface area contributed by atoms with Crippen LogP contribution in [0.4, 0.5) is 21.2 Å². The number of hydrogen-bond acceptors (Lipinski definition) is 6. The molecule has 0 fully saturated rings. The van der Waals surface area contributed by atoms with Gasteiger partial charge < -0.3 is 11.1 Å². The first kappa shape index (κ1) is 13.9. The van der Waals surface area contributed by atoms with Gasteiger partial charge >= 0.3 is 0 Å². The van der Waals surface area contributed by atoms with E-state index in [-0.39, 0.29) is 11.8 Å². The smallest absolute Gasteiger partial charge is 0.220 e. The van der Waals surface area contributed by atoms with Crippen LogP contribution in [0, 0.1) is 5.82 Å². The monoisotopic (exact) mass is 365 g/mol. The lowest BCUT2D eigenvalue weighted by Gasteiger charge is -2.02. The van der Waals surface area contributed by atoms with E-state index in [2.05, 4.69) is 36.2 Å². The number of benzene rings is 1. The minimum Gasteiger partial charge on any atom is -0.368 e. The summed E-state index contributed by atoms with van der Waals surface area (Å²) in [5, 5.41) is 3.79. The first-order chi connectivity index (χ1) is 10.1. The number of halogens is 2. The Morgan fingerprint density at radius 2 is 1.90 bits per heavy atom. The molecule has 5 nitrogen and oxygen atoms in total. The number of aromatic nitrogens is 3. The fourth-order valence-corrected chi connectivity index (χ4v) is 3.03. The summed E-state index contributed by atoms with van der Waals surface area (Å²) < 4.78 is 13.6. The van der Waals surface area contributed by atoms with E-state index in [4.69, 9.17) is 5.73 Å². The predicted molar refractivity (Wildman–Crippen MR) is 84.9 cm³/mol. The topological polar surface area (TPSA) is 76.7 Å². The SMILES string of the molecule is Nc1ncc(Br)c(-c2cnc(Nc3ccc(F)cc3)s2)n1. The molecule has 2 heterocycles. The van der Waals surface area contributed by atoms with Gasteiger partial charge in [0, 0.05) is 18.1 Å². The van der Waals surface area contributed by atoms with E-state index in [0.717, 1.165) is 15.0 Å². The summed E-state index contributed by atoms with van der Waals surface area (Å²) in [7, 11) is 0. The van der Waals surface area contributed by atoms with Gasteiger partial charge in [0.15, 0.2) is 5.13 Å². The van der Waals surface area contributed by atoms with Crippen LogP contribution < -0.4 is 11.1 Å². The van der Waals surface area contributed by atoms with Crippen LogP contribution in [0.1, 0.15) is 0 Å². The van der Waals surface area contributed by atoms with Crippen molar-refractivity contribution in [3.8, 4) is 10.6 Å². The molecule has 0 saturated carbocycles. The maximum absolute atomic E-state index is 12.9. The molecule has 0 aliphatic rings. The van der Waals surface area contributed by atoms with Crippen LogP contribution in [0.15, 0.2) is 41.1 Å². The normalized spacial score (nSPS) is 10.6. The summed E-state index contributed by atoms with van der Waals surface area (Å²) in [5.74, 6) is -0.0737. The predicted octanol–water partition coefficient (Wildman–Crippen LogP) is 3.83. The largest absolute Gasteiger partial charge is 0.368 e. The van der Waals surface area contributed by atoms with Crippen LogP contribution in [0.2, 0.25) is 0 Å². The van der Waals surface area contributed by atoms with Crippen LogP contribution >= 0.6 is 27.3 Å². The van der Waals surface area contributed by atoms with E-state index in [1.807, 2.05) is 0 Å². The molecule has 8 heteroatoms. The fraction of sp³-hybridized carbons (Fsp3) is 0. The van der Waals surface area contributed by atoms with E-state index in [1.165, 1.54) is 23.5 Å². The van der Waals surface area contributed by atoms with Gasteiger partial charge in [0.2, 0.25) is 5.95 Å². The Balaban J connectivity index is 1.86. The molecule has 2 aromatic heterocycles. The molecule has 3 N–H and O–H groups in total. The average molecular weight is 366 g/mol. The Labute approximate surface area is 132 Å². The standard InChI is InChI=1S/C13H9BrFN5S/c14-9-5-17-12(16)20-11(9)10-6-18-13(21-10)19-8-3-1-7(15)2-4-8/h1-6H,(H,18,19)(H2,16,17,20). The number of rotatable bonds is 3. The van der Waals surface area contributed by atoms with Crippen molar-refractivity contribution in [3.05, 3.63) is 46.9 Å². The minimum absolute atomic E-state index is 0.203. The van der Waals surface area contributed by atoms with Crippen molar-refractivity contribution in [3.63, 3.8) is 0 Å². The van der Waals surface area contributed by atoms with Crippen molar-refractivity contribution < 1.29 is 4.39 Å². The van der Waals surface area contributed by atoms with E-state index in [0.29, 0.717) is 10.8 Å². The molecular formula is C13H9BrFN5S. The molecule has 0 aliphatic carbocycles. The van der Waals surface area contributed by atoms with E-state index in [9.17, 15) is 4.39 Å². The maximum Gasteiger partial charge on any atom is 0.220 e. The van der Waals surface area contributed by atoms with Gasteiger partial charge in [0.25, 0.3) is 0 Å². The minimum atomic E-state index is -0.277. The molecule has 0 bridgehead atoms. The zero-order chi connectivity index (χ0) is 14.8. The number of hydrogen-bond donors (Lipinski definition) is 2. The van der Waals surface area contributed by atoms with Crippen molar-refractivity contribution in [1.82, 2.24) is 15.0 Å². The van der Waals surface area contributed by atoms with Gasteiger partial charge in [-0.3, -0.25) is 0 Å².